The number of hydrogen-bond donors (Lipinski definition) is 2. The van der Waals surface area contributed by atoms with E-state index in [1.54, 1.807) is 82.6 Å². The first-order valence-corrected chi connectivity index (χ1v) is 13.0. The fraction of sp³-hybridized carbons (Fsp3) is 0.267. The average molecular weight is 511 g/mol. The number of rotatable bonds is 6. The highest BCUT2D eigenvalue weighted by atomic mass is 16.2. The summed E-state index contributed by atoms with van der Waals surface area (Å²) in [5, 5.41) is 5.67. The summed E-state index contributed by atoms with van der Waals surface area (Å²) in [4.78, 5) is 55.3. The third-order valence-corrected chi connectivity index (χ3v) is 7.01. The number of hydrogen-bond acceptors (Lipinski definition) is 4. The van der Waals surface area contributed by atoms with E-state index in [4.69, 9.17) is 0 Å². The molecule has 0 atom stereocenters. The SMILES string of the molecule is O=C(Nc1ccccc1C(=O)N1CCCC1)c1ccc(C(=O)Nc2ccccc2C(=O)N2CCCC2)cc1. The Morgan fingerprint density at radius 2 is 0.842 bits per heavy atom. The summed E-state index contributed by atoms with van der Waals surface area (Å²) >= 11 is 0. The zero-order valence-electron chi connectivity index (χ0n) is 21.1. The topological polar surface area (TPSA) is 98.8 Å². The monoisotopic (exact) mass is 510 g/mol. The number of amides is 4. The van der Waals surface area contributed by atoms with Crippen LogP contribution in [0.4, 0.5) is 11.4 Å². The summed E-state index contributed by atoms with van der Waals surface area (Å²) in [6.45, 7) is 2.89. The Morgan fingerprint density at radius 3 is 1.21 bits per heavy atom. The lowest BCUT2D eigenvalue weighted by atomic mass is 10.1. The molecule has 8 nitrogen and oxygen atoms in total. The van der Waals surface area contributed by atoms with Crippen molar-refractivity contribution in [2.24, 2.45) is 0 Å². The number of para-hydroxylation sites is 2. The summed E-state index contributed by atoms with van der Waals surface area (Å²) in [6, 6.07) is 20.2. The largest absolute Gasteiger partial charge is 0.339 e. The van der Waals surface area contributed by atoms with Crippen LogP contribution in [0.3, 0.4) is 0 Å². The van der Waals surface area contributed by atoms with Gasteiger partial charge in [0.05, 0.1) is 22.5 Å². The van der Waals surface area contributed by atoms with Crippen LogP contribution in [0.5, 0.6) is 0 Å². The Morgan fingerprint density at radius 1 is 0.500 bits per heavy atom. The molecule has 194 valence electrons. The summed E-state index contributed by atoms with van der Waals surface area (Å²) < 4.78 is 0. The summed E-state index contributed by atoms with van der Waals surface area (Å²) in [6.07, 6.45) is 3.95. The lowest BCUT2D eigenvalue weighted by Gasteiger charge is -2.18. The maximum absolute atomic E-state index is 12.9. The third-order valence-electron chi connectivity index (χ3n) is 7.01. The van der Waals surface area contributed by atoms with Gasteiger partial charge < -0.3 is 20.4 Å². The van der Waals surface area contributed by atoms with Gasteiger partial charge in [-0.25, -0.2) is 0 Å². The van der Waals surface area contributed by atoms with Crippen LogP contribution in [0.25, 0.3) is 0 Å². The fourth-order valence-corrected chi connectivity index (χ4v) is 4.90. The number of carbonyl (C=O) groups excluding carboxylic acids is 4. The fourth-order valence-electron chi connectivity index (χ4n) is 4.90. The van der Waals surface area contributed by atoms with E-state index in [1.165, 1.54) is 0 Å². The van der Waals surface area contributed by atoms with Crippen LogP contribution in [0.1, 0.15) is 67.1 Å². The van der Waals surface area contributed by atoms with Gasteiger partial charge in [0.1, 0.15) is 0 Å². The number of nitrogens with one attached hydrogen (secondary N) is 2. The lowest BCUT2D eigenvalue weighted by molar-refractivity contribution is 0.0785. The van der Waals surface area contributed by atoms with Crippen molar-refractivity contribution in [3.8, 4) is 0 Å². The highest BCUT2D eigenvalue weighted by Crippen LogP contribution is 2.23. The number of likely N-dealkylation sites (tertiary alicyclic amines) is 2. The van der Waals surface area contributed by atoms with Crippen LogP contribution < -0.4 is 10.6 Å². The number of carbonyl (C=O) groups is 4. The molecule has 0 spiro atoms. The van der Waals surface area contributed by atoms with E-state index in [1.807, 2.05) is 0 Å². The molecule has 2 N–H and O–H groups in total. The first kappa shape index (κ1) is 25.2. The van der Waals surface area contributed by atoms with Gasteiger partial charge in [-0.15, -0.1) is 0 Å². The van der Waals surface area contributed by atoms with Crippen LogP contribution in [-0.2, 0) is 0 Å². The third kappa shape index (κ3) is 5.44. The molecule has 5 rings (SSSR count). The van der Waals surface area contributed by atoms with Crippen molar-refractivity contribution in [1.29, 1.82) is 0 Å². The molecule has 8 heteroatoms. The molecular weight excluding hydrogens is 480 g/mol. The van der Waals surface area contributed by atoms with Crippen LogP contribution in [0, 0.1) is 0 Å². The van der Waals surface area contributed by atoms with Gasteiger partial charge in [-0.05, 0) is 74.2 Å². The van der Waals surface area contributed by atoms with Gasteiger partial charge in [0.2, 0.25) is 0 Å². The predicted molar refractivity (Wildman–Crippen MR) is 146 cm³/mol. The Labute approximate surface area is 221 Å². The van der Waals surface area contributed by atoms with Gasteiger partial charge in [0, 0.05) is 37.3 Å². The van der Waals surface area contributed by atoms with Crippen molar-refractivity contribution in [3.63, 3.8) is 0 Å². The van der Waals surface area contributed by atoms with E-state index in [9.17, 15) is 19.2 Å². The second kappa shape index (κ2) is 11.3. The van der Waals surface area contributed by atoms with Crippen molar-refractivity contribution in [2.75, 3.05) is 36.8 Å². The molecule has 0 radical (unpaired) electrons. The van der Waals surface area contributed by atoms with Crippen LogP contribution in [0.15, 0.2) is 72.8 Å². The maximum atomic E-state index is 12.9. The van der Waals surface area contributed by atoms with Crippen molar-refractivity contribution in [2.45, 2.75) is 25.7 Å². The van der Waals surface area contributed by atoms with Gasteiger partial charge in [-0.3, -0.25) is 19.2 Å². The Bertz CT molecular complexity index is 1250. The quantitative estimate of drug-likeness (QED) is 0.504. The van der Waals surface area contributed by atoms with Crippen LogP contribution in [-0.4, -0.2) is 59.6 Å². The minimum absolute atomic E-state index is 0.0890. The van der Waals surface area contributed by atoms with E-state index >= 15 is 0 Å². The minimum atomic E-state index is -0.375. The Balaban J connectivity index is 1.26. The number of anilines is 2. The van der Waals surface area contributed by atoms with E-state index < -0.39 is 0 Å². The van der Waals surface area contributed by atoms with Gasteiger partial charge in [-0.1, -0.05) is 24.3 Å². The Hall–Kier alpha value is -4.46. The van der Waals surface area contributed by atoms with Gasteiger partial charge in [-0.2, -0.15) is 0 Å². The molecule has 0 unspecified atom stereocenters. The van der Waals surface area contributed by atoms with Gasteiger partial charge >= 0.3 is 0 Å². The van der Waals surface area contributed by atoms with Crippen molar-refractivity contribution < 1.29 is 19.2 Å². The predicted octanol–water partition coefficient (Wildman–Crippen LogP) is 4.66. The first-order chi connectivity index (χ1) is 18.5. The zero-order valence-corrected chi connectivity index (χ0v) is 21.1. The molecule has 2 saturated heterocycles. The van der Waals surface area contributed by atoms with E-state index in [2.05, 4.69) is 10.6 Å². The molecule has 3 aromatic rings. The molecule has 2 aliphatic heterocycles. The molecule has 0 bridgehead atoms. The molecule has 38 heavy (non-hydrogen) atoms. The van der Waals surface area contributed by atoms with Gasteiger partial charge in [0.25, 0.3) is 23.6 Å². The lowest BCUT2D eigenvalue weighted by Crippen LogP contribution is -2.29. The van der Waals surface area contributed by atoms with Gasteiger partial charge in [0.15, 0.2) is 0 Å². The highest BCUT2D eigenvalue weighted by Gasteiger charge is 2.24. The molecule has 2 aliphatic rings. The second-order valence-electron chi connectivity index (χ2n) is 9.58. The summed E-state index contributed by atoms with van der Waals surface area (Å²) in [7, 11) is 0. The van der Waals surface area contributed by atoms with Crippen LogP contribution >= 0.6 is 0 Å². The summed E-state index contributed by atoms with van der Waals surface area (Å²) in [5.74, 6) is -0.928. The van der Waals surface area contributed by atoms with Crippen LogP contribution in [0.2, 0.25) is 0 Å². The normalized spacial score (nSPS) is 14.8. The molecule has 3 aromatic carbocycles. The van der Waals surface area contributed by atoms with E-state index in [-0.39, 0.29) is 23.6 Å². The standard InChI is InChI=1S/C30H30N4O4/c35-27(31-25-11-3-1-9-23(25)29(37)33-17-5-6-18-33)21-13-15-22(16-14-21)28(36)32-26-12-4-2-10-24(26)30(38)34-19-7-8-20-34/h1-4,9-16H,5-8,17-20H2,(H,31,35)(H,32,36). The molecule has 4 amide bonds. The average Bonchev–Trinajstić information content (AvgIpc) is 3.68. The van der Waals surface area contributed by atoms with Crippen molar-refractivity contribution >= 4 is 35.0 Å². The first-order valence-electron chi connectivity index (χ1n) is 13.0. The smallest absolute Gasteiger partial charge is 0.255 e. The molecule has 2 fully saturated rings. The highest BCUT2D eigenvalue weighted by molar-refractivity contribution is 6.11. The molecule has 0 aliphatic carbocycles. The zero-order chi connectivity index (χ0) is 26.5. The Kier molecular flexibility index (Phi) is 7.49. The number of benzene rings is 3. The van der Waals surface area contributed by atoms with E-state index in [0.717, 1.165) is 51.9 Å². The van der Waals surface area contributed by atoms with Crippen molar-refractivity contribution in [1.82, 2.24) is 9.80 Å². The minimum Gasteiger partial charge on any atom is -0.339 e. The second-order valence-corrected chi connectivity index (χ2v) is 9.58. The van der Waals surface area contributed by atoms with Crippen molar-refractivity contribution in [3.05, 3.63) is 95.1 Å². The van der Waals surface area contributed by atoms with E-state index in [0.29, 0.717) is 33.6 Å². The maximum Gasteiger partial charge on any atom is 0.255 e. The number of nitrogens with zero attached hydrogens (tertiary/aromatic N) is 2. The molecule has 2 heterocycles. The summed E-state index contributed by atoms with van der Waals surface area (Å²) in [5.41, 5.74) is 2.54. The molecule has 0 aromatic heterocycles. The molecule has 0 saturated carbocycles. The molecular formula is C30H30N4O4.